The first-order chi connectivity index (χ1) is 7.62. The third-order valence-electron chi connectivity index (χ3n) is 2.28. The smallest absolute Gasteiger partial charge is 0.203 e. The SMILES string of the molecule is COc1cc(CC(C)N)cc(OC)c1OC.Cl. The standard InChI is InChI=1S/C12H19NO3.ClH/c1-8(13)5-9-6-10(14-2)12(16-4)11(7-9)15-3;/h6-8H,5,13H2,1-4H3;1H. The summed E-state index contributed by atoms with van der Waals surface area (Å²) in [4.78, 5) is 0. The average molecular weight is 262 g/mol. The average Bonchev–Trinajstić information content (AvgIpc) is 2.26. The number of benzene rings is 1. The summed E-state index contributed by atoms with van der Waals surface area (Å²) in [6.07, 6.45) is 0.775. The topological polar surface area (TPSA) is 53.7 Å². The Morgan fingerprint density at radius 1 is 1.06 bits per heavy atom. The van der Waals surface area contributed by atoms with Crippen LogP contribution in [0.3, 0.4) is 0 Å². The van der Waals surface area contributed by atoms with Crippen molar-refractivity contribution in [2.45, 2.75) is 19.4 Å². The van der Waals surface area contributed by atoms with Crippen LogP contribution in [-0.4, -0.2) is 27.4 Å². The predicted molar refractivity (Wildman–Crippen MR) is 70.7 cm³/mol. The van der Waals surface area contributed by atoms with Crippen LogP contribution in [0.1, 0.15) is 12.5 Å². The van der Waals surface area contributed by atoms with Crippen LogP contribution in [0.5, 0.6) is 17.2 Å². The first-order valence-electron chi connectivity index (χ1n) is 5.16. The fraction of sp³-hybridized carbons (Fsp3) is 0.500. The Balaban J connectivity index is 0.00000256. The summed E-state index contributed by atoms with van der Waals surface area (Å²) in [5.74, 6) is 1.94. The van der Waals surface area contributed by atoms with E-state index >= 15 is 0 Å². The van der Waals surface area contributed by atoms with Crippen LogP contribution in [0, 0.1) is 0 Å². The van der Waals surface area contributed by atoms with Crippen molar-refractivity contribution in [3.8, 4) is 17.2 Å². The van der Waals surface area contributed by atoms with Crippen LogP contribution in [-0.2, 0) is 6.42 Å². The van der Waals surface area contributed by atoms with Crippen LogP contribution in [0.15, 0.2) is 12.1 Å². The van der Waals surface area contributed by atoms with Crippen LogP contribution in [0.2, 0.25) is 0 Å². The van der Waals surface area contributed by atoms with Gasteiger partial charge in [0.2, 0.25) is 5.75 Å². The van der Waals surface area contributed by atoms with Gasteiger partial charge in [-0.1, -0.05) is 0 Å². The number of nitrogens with two attached hydrogens (primary N) is 1. The molecule has 2 N–H and O–H groups in total. The fourth-order valence-corrected chi connectivity index (χ4v) is 1.63. The lowest BCUT2D eigenvalue weighted by Crippen LogP contribution is -2.17. The maximum atomic E-state index is 5.77. The van der Waals surface area contributed by atoms with Crippen molar-refractivity contribution in [3.05, 3.63) is 17.7 Å². The highest BCUT2D eigenvalue weighted by atomic mass is 35.5. The van der Waals surface area contributed by atoms with E-state index in [2.05, 4.69) is 0 Å². The highest BCUT2D eigenvalue weighted by molar-refractivity contribution is 5.85. The Hall–Kier alpha value is -1.13. The number of hydrogen-bond donors (Lipinski definition) is 1. The van der Waals surface area contributed by atoms with Gasteiger partial charge in [0.05, 0.1) is 21.3 Å². The van der Waals surface area contributed by atoms with E-state index in [0.717, 1.165) is 12.0 Å². The summed E-state index contributed by atoms with van der Waals surface area (Å²) in [6.45, 7) is 1.96. The van der Waals surface area contributed by atoms with Crippen molar-refractivity contribution in [2.75, 3.05) is 21.3 Å². The maximum Gasteiger partial charge on any atom is 0.203 e. The second-order valence-corrected chi connectivity index (χ2v) is 3.71. The van der Waals surface area contributed by atoms with Gasteiger partial charge < -0.3 is 19.9 Å². The third kappa shape index (κ3) is 3.98. The molecule has 4 nitrogen and oxygen atoms in total. The zero-order valence-electron chi connectivity index (χ0n) is 10.6. The molecule has 0 aliphatic heterocycles. The van der Waals surface area contributed by atoms with Crippen molar-refractivity contribution in [1.29, 1.82) is 0 Å². The van der Waals surface area contributed by atoms with Gasteiger partial charge in [-0.2, -0.15) is 0 Å². The van der Waals surface area contributed by atoms with Crippen LogP contribution in [0.25, 0.3) is 0 Å². The molecule has 1 atom stereocenters. The third-order valence-corrected chi connectivity index (χ3v) is 2.28. The van der Waals surface area contributed by atoms with Crippen molar-refractivity contribution in [2.24, 2.45) is 5.73 Å². The fourth-order valence-electron chi connectivity index (χ4n) is 1.63. The summed E-state index contributed by atoms with van der Waals surface area (Å²) < 4.78 is 15.7. The number of halogens is 1. The zero-order chi connectivity index (χ0) is 12.1. The summed E-state index contributed by atoms with van der Waals surface area (Å²) >= 11 is 0. The minimum Gasteiger partial charge on any atom is -0.493 e. The molecular weight excluding hydrogens is 242 g/mol. The minimum atomic E-state index is 0. The van der Waals surface area contributed by atoms with Gasteiger partial charge >= 0.3 is 0 Å². The molecule has 0 heterocycles. The Bertz CT molecular complexity index is 331. The lowest BCUT2D eigenvalue weighted by Gasteiger charge is -2.14. The molecule has 0 spiro atoms. The molecule has 0 saturated carbocycles. The lowest BCUT2D eigenvalue weighted by molar-refractivity contribution is 0.323. The quantitative estimate of drug-likeness (QED) is 0.881. The number of hydrogen-bond acceptors (Lipinski definition) is 4. The van der Waals surface area contributed by atoms with Crippen LogP contribution < -0.4 is 19.9 Å². The van der Waals surface area contributed by atoms with Gasteiger partial charge in [-0.25, -0.2) is 0 Å². The van der Waals surface area contributed by atoms with E-state index in [1.807, 2.05) is 19.1 Å². The minimum absolute atomic E-state index is 0. The second-order valence-electron chi connectivity index (χ2n) is 3.71. The van der Waals surface area contributed by atoms with Crippen LogP contribution in [0.4, 0.5) is 0 Å². The second kappa shape index (κ2) is 7.25. The maximum absolute atomic E-state index is 5.77. The first kappa shape index (κ1) is 15.9. The molecule has 0 saturated heterocycles. The van der Waals surface area contributed by atoms with E-state index in [9.17, 15) is 0 Å². The molecule has 1 rings (SSSR count). The van der Waals surface area contributed by atoms with E-state index in [1.165, 1.54) is 0 Å². The van der Waals surface area contributed by atoms with Gasteiger partial charge in [-0.05, 0) is 31.0 Å². The molecule has 0 bridgehead atoms. The van der Waals surface area contributed by atoms with Gasteiger partial charge in [0.25, 0.3) is 0 Å². The Labute approximate surface area is 108 Å². The predicted octanol–water partition coefficient (Wildman–Crippen LogP) is 2.02. The highest BCUT2D eigenvalue weighted by Gasteiger charge is 2.13. The normalized spacial score (nSPS) is 11.4. The van der Waals surface area contributed by atoms with E-state index in [4.69, 9.17) is 19.9 Å². The largest absolute Gasteiger partial charge is 0.493 e. The molecule has 1 aromatic carbocycles. The monoisotopic (exact) mass is 261 g/mol. The molecule has 1 unspecified atom stereocenters. The molecule has 0 amide bonds. The van der Waals surface area contributed by atoms with Gasteiger partial charge in [0.15, 0.2) is 11.5 Å². The van der Waals surface area contributed by atoms with E-state index < -0.39 is 0 Å². The highest BCUT2D eigenvalue weighted by Crippen LogP contribution is 2.38. The molecule has 17 heavy (non-hydrogen) atoms. The Morgan fingerprint density at radius 2 is 1.53 bits per heavy atom. The van der Waals surface area contributed by atoms with Crippen molar-refractivity contribution in [3.63, 3.8) is 0 Å². The molecule has 0 aliphatic rings. The van der Waals surface area contributed by atoms with Gasteiger partial charge in [0, 0.05) is 6.04 Å². The molecule has 98 valence electrons. The van der Waals surface area contributed by atoms with Gasteiger partial charge in [-0.3, -0.25) is 0 Å². The van der Waals surface area contributed by atoms with Gasteiger partial charge in [0.1, 0.15) is 0 Å². The molecule has 5 heteroatoms. The van der Waals surface area contributed by atoms with E-state index in [1.54, 1.807) is 21.3 Å². The molecule has 0 aromatic heterocycles. The molecular formula is C12H20ClNO3. The van der Waals surface area contributed by atoms with Crippen molar-refractivity contribution in [1.82, 2.24) is 0 Å². The van der Waals surface area contributed by atoms with Gasteiger partial charge in [-0.15, -0.1) is 12.4 Å². The summed E-state index contributed by atoms with van der Waals surface area (Å²) in [7, 11) is 4.80. The Kier molecular flexibility index (Phi) is 6.76. The van der Waals surface area contributed by atoms with Crippen molar-refractivity contribution < 1.29 is 14.2 Å². The summed E-state index contributed by atoms with van der Waals surface area (Å²) in [5.41, 5.74) is 6.84. The molecule has 1 aromatic rings. The summed E-state index contributed by atoms with van der Waals surface area (Å²) in [5, 5.41) is 0. The van der Waals surface area contributed by atoms with E-state index in [-0.39, 0.29) is 18.4 Å². The first-order valence-corrected chi connectivity index (χ1v) is 5.16. The summed E-state index contributed by atoms with van der Waals surface area (Å²) in [6, 6.07) is 3.94. The molecule has 0 aliphatic carbocycles. The zero-order valence-corrected chi connectivity index (χ0v) is 11.5. The Morgan fingerprint density at radius 3 is 1.82 bits per heavy atom. The lowest BCUT2D eigenvalue weighted by atomic mass is 10.1. The van der Waals surface area contributed by atoms with E-state index in [0.29, 0.717) is 17.2 Å². The number of ether oxygens (including phenoxy) is 3. The molecule has 0 fully saturated rings. The number of methoxy groups -OCH3 is 3. The van der Waals surface area contributed by atoms with Crippen molar-refractivity contribution >= 4 is 12.4 Å². The number of rotatable bonds is 5. The molecule has 0 radical (unpaired) electrons. The van der Waals surface area contributed by atoms with Crippen LogP contribution >= 0.6 is 12.4 Å².